The van der Waals surface area contributed by atoms with Crippen LogP contribution in [-0.4, -0.2) is 86.1 Å². The monoisotopic (exact) mass is 591 g/mol. The molecule has 43 heavy (non-hydrogen) atoms. The summed E-state index contributed by atoms with van der Waals surface area (Å²) in [5, 5.41) is 2.36. The molecule has 3 heterocycles. The summed E-state index contributed by atoms with van der Waals surface area (Å²) >= 11 is 0. The first-order valence-corrected chi connectivity index (χ1v) is 15.7. The van der Waals surface area contributed by atoms with Crippen LogP contribution in [0.1, 0.15) is 73.0 Å². The van der Waals surface area contributed by atoms with Crippen LogP contribution in [0, 0.1) is 0 Å². The third-order valence-electron chi connectivity index (χ3n) is 8.63. The molecule has 2 aromatic carbocycles. The van der Waals surface area contributed by atoms with E-state index in [0.717, 1.165) is 101 Å². The van der Waals surface area contributed by atoms with Crippen molar-refractivity contribution in [3.63, 3.8) is 0 Å². The minimum atomic E-state index is -0.582. The number of hydrogen-bond acceptors (Lipinski definition) is 8. The maximum Gasteiger partial charge on any atom is 0.255 e. The van der Waals surface area contributed by atoms with Gasteiger partial charge in [-0.25, -0.2) is 0 Å². The van der Waals surface area contributed by atoms with Crippen molar-refractivity contribution in [3.8, 4) is 5.75 Å². The highest BCUT2D eigenvalue weighted by molar-refractivity contribution is 6.05. The first-order valence-electron chi connectivity index (χ1n) is 15.7. The number of nitrogens with zero attached hydrogens (tertiary/aromatic N) is 3. The number of carbonyl (C=O) groups excluding carboxylic acids is 3. The van der Waals surface area contributed by atoms with E-state index in [0.29, 0.717) is 18.5 Å². The third kappa shape index (κ3) is 8.13. The Kier molecular flexibility index (Phi) is 10.7. The highest BCUT2D eigenvalue weighted by atomic mass is 16.5. The molecule has 3 aliphatic heterocycles. The first kappa shape index (κ1) is 31.0. The zero-order chi connectivity index (χ0) is 30.2. The number of imide groups is 1. The molecule has 0 saturated carbocycles. The SMILES string of the molecule is CC(N)c1cccc(OCCCCCCOCCN2CCN(c3ccc4c(c3)CN(C3CCC(=O)NC3=O)C4=O)CC2)c1. The summed E-state index contributed by atoms with van der Waals surface area (Å²) < 4.78 is 11.8. The van der Waals surface area contributed by atoms with Gasteiger partial charge in [-0.3, -0.25) is 24.6 Å². The summed E-state index contributed by atoms with van der Waals surface area (Å²) in [6, 6.07) is 13.4. The molecule has 2 unspecified atom stereocenters. The Morgan fingerprint density at radius 1 is 0.953 bits per heavy atom. The van der Waals surface area contributed by atoms with Crippen LogP contribution in [0.25, 0.3) is 0 Å². The maximum atomic E-state index is 13.0. The molecule has 232 valence electrons. The fraction of sp³-hybridized carbons (Fsp3) is 0.545. The molecule has 2 aromatic rings. The molecule has 2 saturated heterocycles. The van der Waals surface area contributed by atoms with Gasteiger partial charge >= 0.3 is 0 Å². The molecular weight excluding hydrogens is 546 g/mol. The van der Waals surface area contributed by atoms with Crippen LogP contribution < -0.4 is 20.7 Å². The molecule has 10 nitrogen and oxygen atoms in total. The van der Waals surface area contributed by atoms with Crippen molar-refractivity contribution in [2.75, 3.05) is 57.4 Å². The number of piperazine rings is 1. The smallest absolute Gasteiger partial charge is 0.255 e. The number of fused-ring (bicyclic) bond motifs is 1. The number of carbonyl (C=O) groups is 3. The van der Waals surface area contributed by atoms with Gasteiger partial charge in [0.1, 0.15) is 11.8 Å². The van der Waals surface area contributed by atoms with Gasteiger partial charge in [-0.05, 0) is 74.1 Å². The number of anilines is 1. The van der Waals surface area contributed by atoms with Crippen LogP contribution in [0.3, 0.4) is 0 Å². The number of hydrogen-bond donors (Lipinski definition) is 2. The fourth-order valence-electron chi connectivity index (χ4n) is 6.02. The Labute approximate surface area is 254 Å². The molecule has 0 spiro atoms. The number of ether oxygens (including phenoxy) is 2. The molecule has 0 aliphatic carbocycles. The highest BCUT2D eigenvalue weighted by Crippen LogP contribution is 2.31. The van der Waals surface area contributed by atoms with Gasteiger partial charge < -0.3 is 25.0 Å². The Balaban J connectivity index is 0.931. The third-order valence-corrected chi connectivity index (χ3v) is 8.63. The van der Waals surface area contributed by atoms with Crippen molar-refractivity contribution in [1.82, 2.24) is 15.1 Å². The highest BCUT2D eigenvalue weighted by Gasteiger charge is 2.39. The predicted octanol–water partition coefficient (Wildman–Crippen LogP) is 3.25. The Morgan fingerprint density at radius 3 is 2.51 bits per heavy atom. The number of benzene rings is 2. The molecule has 2 atom stereocenters. The van der Waals surface area contributed by atoms with E-state index in [1.807, 2.05) is 43.3 Å². The van der Waals surface area contributed by atoms with Crippen LogP contribution in [0.5, 0.6) is 5.75 Å². The summed E-state index contributed by atoms with van der Waals surface area (Å²) in [6.45, 7) is 9.35. The molecule has 3 amide bonds. The van der Waals surface area contributed by atoms with E-state index >= 15 is 0 Å². The first-order chi connectivity index (χ1) is 20.9. The van der Waals surface area contributed by atoms with Gasteiger partial charge in [-0.2, -0.15) is 0 Å². The molecule has 0 aromatic heterocycles. The summed E-state index contributed by atoms with van der Waals surface area (Å²) in [5.41, 5.74) is 9.75. The van der Waals surface area contributed by atoms with Gasteiger partial charge in [0.15, 0.2) is 0 Å². The van der Waals surface area contributed by atoms with Crippen LogP contribution in [0.2, 0.25) is 0 Å². The second kappa shape index (κ2) is 14.8. The van der Waals surface area contributed by atoms with Crippen molar-refractivity contribution in [1.29, 1.82) is 0 Å². The summed E-state index contributed by atoms with van der Waals surface area (Å²) in [4.78, 5) is 43.2. The summed E-state index contributed by atoms with van der Waals surface area (Å²) in [6.07, 6.45) is 5.01. The summed E-state index contributed by atoms with van der Waals surface area (Å²) in [7, 11) is 0. The van der Waals surface area contributed by atoms with Crippen molar-refractivity contribution >= 4 is 23.4 Å². The minimum absolute atomic E-state index is 0.0145. The fourth-order valence-corrected chi connectivity index (χ4v) is 6.02. The standard InChI is InChI=1S/C33H45N5O5/c1-24(34)25-7-6-8-28(22-25)43-19-5-3-2-4-18-42-20-17-36-13-15-37(16-14-36)27-9-10-29-26(21-27)23-38(33(29)41)30-11-12-31(39)35-32(30)40/h6-10,21-22,24,30H,2-5,11-20,23,34H2,1H3,(H,35,39,40). The Hall–Kier alpha value is -3.47. The zero-order valence-electron chi connectivity index (χ0n) is 25.3. The van der Waals surface area contributed by atoms with Crippen LogP contribution in [-0.2, 0) is 20.9 Å². The average molecular weight is 592 g/mol. The van der Waals surface area contributed by atoms with Crippen LogP contribution in [0.15, 0.2) is 42.5 Å². The molecule has 0 bridgehead atoms. The van der Waals surface area contributed by atoms with Gasteiger partial charge in [0, 0.05) is 69.6 Å². The van der Waals surface area contributed by atoms with Gasteiger partial charge in [-0.15, -0.1) is 0 Å². The minimum Gasteiger partial charge on any atom is -0.494 e. The maximum absolute atomic E-state index is 13.0. The number of nitrogens with two attached hydrogens (primary N) is 1. The van der Waals surface area contributed by atoms with E-state index in [9.17, 15) is 14.4 Å². The topological polar surface area (TPSA) is 117 Å². The van der Waals surface area contributed by atoms with E-state index in [1.54, 1.807) is 4.90 Å². The van der Waals surface area contributed by atoms with Gasteiger partial charge in [-0.1, -0.05) is 18.6 Å². The van der Waals surface area contributed by atoms with E-state index < -0.39 is 6.04 Å². The summed E-state index contributed by atoms with van der Waals surface area (Å²) in [5.74, 6) is 0.113. The van der Waals surface area contributed by atoms with Crippen molar-refractivity contribution in [2.45, 2.75) is 64.1 Å². The second-order valence-electron chi connectivity index (χ2n) is 11.8. The van der Waals surface area contributed by atoms with Gasteiger partial charge in [0.05, 0.1) is 13.2 Å². The molecule has 0 radical (unpaired) electrons. The number of unbranched alkanes of at least 4 members (excludes halogenated alkanes) is 3. The number of nitrogens with one attached hydrogen (secondary N) is 1. The number of amides is 3. The van der Waals surface area contributed by atoms with Crippen molar-refractivity contribution in [3.05, 3.63) is 59.2 Å². The van der Waals surface area contributed by atoms with E-state index in [4.69, 9.17) is 15.2 Å². The lowest BCUT2D eigenvalue weighted by atomic mass is 10.0. The quantitative estimate of drug-likeness (QED) is 0.254. The molecule has 3 aliphatic rings. The lowest BCUT2D eigenvalue weighted by Crippen LogP contribution is -2.52. The number of rotatable bonds is 14. The molecule has 2 fully saturated rings. The lowest BCUT2D eigenvalue weighted by molar-refractivity contribution is -0.136. The van der Waals surface area contributed by atoms with Crippen molar-refractivity contribution in [2.24, 2.45) is 5.73 Å². The van der Waals surface area contributed by atoms with E-state index in [2.05, 4.69) is 21.2 Å². The largest absolute Gasteiger partial charge is 0.494 e. The van der Waals surface area contributed by atoms with Crippen molar-refractivity contribution < 1.29 is 23.9 Å². The molecular formula is C33H45N5O5. The lowest BCUT2D eigenvalue weighted by Gasteiger charge is -2.36. The second-order valence-corrected chi connectivity index (χ2v) is 11.8. The van der Waals surface area contributed by atoms with Gasteiger partial charge in [0.2, 0.25) is 11.8 Å². The average Bonchev–Trinajstić information content (AvgIpc) is 3.33. The number of piperidine rings is 1. The molecule has 3 N–H and O–H groups in total. The van der Waals surface area contributed by atoms with E-state index in [-0.39, 0.29) is 30.2 Å². The molecule has 10 heteroatoms. The van der Waals surface area contributed by atoms with Crippen LogP contribution >= 0.6 is 0 Å². The Bertz CT molecular complexity index is 1280. The van der Waals surface area contributed by atoms with Gasteiger partial charge in [0.25, 0.3) is 5.91 Å². The van der Waals surface area contributed by atoms with Crippen LogP contribution in [0.4, 0.5) is 5.69 Å². The normalized spacial score (nSPS) is 19.9. The Morgan fingerprint density at radius 2 is 1.74 bits per heavy atom. The van der Waals surface area contributed by atoms with E-state index in [1.165, 1.54) is 0 Å². The molecule has 5 rings (SSSR count). The predicted molar refractivity (Wildman–Crippen MR) is 165 cm³/mol. The zero-order valence-corrected chi connectivity index (χ0v) is 25.3.